The van der Waals surface area contributed by atoms with E-state index < -0.39 is 0 Å². The molecule has 0 atom stereocenters. The van der Waals surface area contributed by atoms with E-state index in [9.17, 15) is 0 Å². The molecule has 0 aromatic carbocycles. The minimum atomic E-state index is 0.392. The van der Waals surface area contributed by atoms with E-state index in [2.05, 4.69) is 27.0 Å². The Morgan fingerprint density at radius 3 is 2.93 bits per heavy atom. The van der Waals surface area contributed by atoms with Crippen LogP contribution in [0.1, 0.15) is 17.0 Å². The topological polar surface area (TPSA) is 41.1 Å². The van der Waals surface area contributed by atoms with Gasteiger partial charge in [0.25, 0.3) is 0 Å². The van der Waals surface area contributed by atoms with Gasteiger partial charge in [0, 0.05) is 6.20 Å². The van der Waals surface area contributed by atoms with Crippen molar-refractivity contribution in [1.29, 1.82) is 5.26 Å². The van der Waals surface area contributed by atoms with Gasteiger partial charge in [-0.2, -0.15) is 5.26 Å². The first-order chi connectivity index (χ1) is 7.13. The van der Waals surface area contributed by atoms with E-state index in [4.69, 9.17) is 5.26 Å². The van der Waals surface area contributed by atoms with Crippen LogP contribution in [0.5, 0.6) is 0 Å². The number of halogens is 1. The molecule has 0 saturated heterocycles. The fourth-order valence-corrected chi connectivity index (χ4v) is 2.32. The molecule has 15 heavy (non-hydrogen) atoms. The summed E-state index contributed by atoms with van der Waals surface area (Å²) in [5.41, 5.74) is 3.91. The molecule has 0 unspecified atom stereocenters. The molecule has 3 nitrogen and oxygen atoms in total. The standard InChI is InChI=1S/C11H10BrN3/c1-7-5-9(12)11-14-8(2)10(3-4-13)15(11)6-7/h5-6H,3H2,1-2H3. The predicted molar refractivity (Wildman–Crippen MR) is 61.7 cm³/mol. The molecule has 0 radical (unpaired) electrons. The van der Waals surface area contributed by atoms with Crippen LogP contribution in [0.15, 0.2) is 16.7 Å². The lowest BCUT2D eigenvalue weighted by Gasteiger charge is -2.01. The molecule has 0 aliphatic rings. The fraction of sp³-hybridized carbons (Fsp3) is 0.273. The molecule has 0 saturated carbocycles. The zero-order chi connectivity index (χ0) is 11.0. The first-order valence-corrected chi connectivity index (χ1v) is 5.43. The van der Waals surface area contributed by atoms with Crippen molar-refractivity contribution in [2.75, 3.05) is 0 Å². The van der Waals surface area contributed by atoms with Gasteiger partial charge in [-0.25, -0.2) is 4.98 Å². The van der Waals surface area contributed by atoms with E-state index >= 15 is 0 Å². The molecule has 0 aliphatic carbocycles. The second kappa shape index (κ2) is 3.67. The van der Waals surface area contributed by atoms with Gasteiger partial charge in [-0.1, -0.05) is 0 Å². The number of nitrogens with zero attached hydrogens (tertiary/aromatic N) is 3. The van der Waals surface area contributed by atoms with Crippen LogP contribution in [0.3, 0.4) is 0 Å². The number of aromatic nitrogens is 2. The van der Waals surface area contributed by atoms with Gasteiger partial charge >= 0.3 is 0 Å². The van der Waals surface area contributed by atoms with Gasteiger partial charge in [0.15, 0.2) is 5.65 Å². The van der Waals surface area contributed by atoms with Crippen LogP contribution >= 0.6 is 15.9 Å². The molecular weight excluding hydrogens is 254 g/mol. The molecule has 2 rings (SSSR count). The average Bonchev–Trinajstić information content (AvgIpc) is 2.46. The summed E-state index contributed by atoms with van der Waals surface area (Å²) in [4.78, 5) is 4.44. The smallest absolute Gasteiger partial charge is 0.151 e. The molecule has 0 bridgehead atoms. The second-order valence-electron chi connectivity index (χ2n) is 3.54. The minimum Gasteiger partial charge on any atom is -0.302 e. The van der Waals surface area contributed by atoms with E-state index in [0.29, 0.717) is 6.42 Å². The van der Waals surface area contributed by atoms with Crippen molar-refractivity contribution in [3.8, 4) is 6.07 Å². The first-order valence-electron chi connectivity index (χ1n) is 4.64. The normalized spacial score (nSPS) is 10.5. The molecule has 0 fully saturated rings. The van der Waals surface area contributed by atoms with Crippen LogP contribution in [-0.4, -0.2) is 9.38 Å². The zero-order valence-corrected chi connectivity index (χ0v) is 10.2. The first kappa shape index (κ1) is 10.2. The van der Waals surface area contributed by atoms with Crippen molar-refractivity contribution >= 4 is 21.6 Å². The molecule has 0 N–H and O–H groups in total. The molecule has 2 aromatic rings. The van der Waals surface area contributed by atoms with Crippen molar-refractivity contribution in [2.45, 2.75) is 20.3 Å². The molecule has 0 amide bonds. The Kier molecular flexibility index (Phi) is 2.49. The maximum atomic E-state index is 8.76. The summed E-state index contributed by atoms with van der Waals surface area (Å²) < 4.78 is 2.95. The lowest BCUT2D eigenvalue weighted by Crippen LogP contribution is -1.94. The Morgan fingerprint density at radius 1 is 1.53 bits per heavy atom. The Labute approximate surface area is 96.5 Å². The monoisotopic (exact) mass is 263 g/mol. The number of pyridine rings is 1. The van der Waals surface area contributed by atoms with Gasteiger partial charge in [-0.15, -0.1) is 0 Å². The summed E-state index contributed by atoms with van der Waals surface area (Å²) >= 11 is 3.48. The molecule has 4 heteroatoms. The van der Waals surface area contributed by atoms with E-state index in [1.165, 1.54) is 0 Å². The molecule has 2 heterocycles. The number of fused-ring (bicyclic) bond motifs is 1. The molecule has 76 valence electrons. The highest BCUT2D eigenvalue weighted by atomic mass is 79.9. The van der Waals surface area contributed by atoms with Crippen molar-refractivity contribution in [3.63, 3.8) is 0 Å². The third-order valence-corrected chi connectivity index (χ3v) is 2.94. The number of aryl methyl sites for hydroxylation is 2. The van der Waals surface area contributed by atoms with E-state index in [0.717, 1.165) is 27.1 Å². The Hall–Kier alpha value is -1.34. The highest BCUT2D eigenvalue weighted by molar-refractivity contribution is 9.10. The summed E-state index contributed by atoms with van der Waals surface area (Å²) in [6.45, 7) is 3.96. The lowest BCUT2D eigenvalue weighted by atomic mass is 10.2. The summed E-state index contributed by atoms with van der Waals surface area (Å²) in [7, 11) is 0. The highest BCUT2D eigenvalue weighted by Gasteiger charge is 2.10. The van der Waals surface area contributed by atoms with Crippen LogP contribution in [0.25, 0.3) is 5.65 Å². The third kappa shape index (κ3) is 1.64. The number of hydrogen-bond acceptors (Lipinski definition) is 2. The summed E-state index contributed by atoms with van der Waals surface area (Å²) in [5, 5.41) is 8.76. The van der Waals surface area contributed by atoms with Gasteiger partial charge in [0.05, 0.1) is 28.4 Å². The molecule has 2 aromatic heterocycles. The minimum absolute atomic E-state index is 0.392. The Bertz CT molecular complexity index is 563. The van der Waals surface area contributed by atoms with E-state index in [1.807, 2.05) is 30.5 Å². The quantitative estimate of drug-likeness (QED) is 0.794. The third-order valence-electron chi connectivity index (χ3n) is 2.36. The Morgan fingerprint density at radius 2 is 2.27 bits per heavy atom. The van der Waals surface area contributed by atoms with E-state index in [-0.39, 0.29) is 0 Å². The van der Waals surface area contributed by atoms with Gasteiger partial charge in [-0.3, -0.25) is 0 Å². The highest BCUT2D eigenvalue weighted by Crippen LogP contribution is 2.22. The van der Waals surface area contributed by atoms with Crippen LogP contribution in [0.4, 0.5) is 0 Å². The molecular formula is C11H10BrN3. The Balaban J connectivity index is 2.81. The number of rotatable bonds is 1. The van der Waals surface area contributed by atoms with Crippen LogP contribution in [0.2, 0.25) is 0 Å². The second-order valence-corrected chi connectivity index (χ2v) is 4.39. The van der Waals surface area contributed by atoms with Crippen LogP contribution in [0, 0.1) is 25.2 Å². The lowest BCUT2D eigenvalue weighted by molar-refractivity contribution is 1.02. The maximum absolute atomic E-state index is 8.76. The zero-order valence-electron chi connectivity index (χ0n) is 8.58. The predicted octanol–water partition coefficient (Wildman–Crippen LogP) is 2.78. The van der Waals surface area contributed by atoms with Crippen molar-refractivity contribution in [2.24, 2.45) is 0 Å². The van der Waals surface area contributed by atoms with Crippen molar-refractivity contribution < 1.29 is 0 Å². The van der Waals surface area contributed by atoms with Gasteiger partial charge < -0.3 is 4.40 Å². The average molecular weight is 264 g/mol. The van der Waals surface area contributed by atoms with Gasteiger partial charge in [0.2, 0.25) is 0 Å². The maximum Gasteiger partial charge on any atom is 0.151 e. The van der Waals surface area contributed by atoms with Crippen molar-refractivity contribution in [3.05, 3.63) is 33.7 Å². The van der Waals surface area contributed by atoms with Gasteiger partial charge in [-0.05, 0) is 41.4 Å². The summed E-state index contributed by atoms with van der Waals surface area (Å²) in [6.07, 6.45) is 2.40. The van der Waals surface area contributed by atoms with Gasteiger partial charge in [0.1, 0.15) is 0 Å². The number of imidazole rings is 1. The number of hydrogen-bond donors (Lipinski definition) is 0. The summed E-state index contributed by atoms with van der Waals surface area (Å²) in [5.74, 6) is 0. The fourth-order valence-electron chi connectivity index (χ4n) is 1.68. The molecule has 0 aliphatic heterocycles. The van der Waals surface area contributed by atoms with Crippen LogP contribution in [-0.2, 0) is 6.42 Å². The SMILES string of the molecule is Cc1cc(Br)c2nc(C)c(CC#N)n2c1. The summed E-state index contributed by atoms with van der Waals surface area (Å²) in [6, 6.07) is 4.19. The molecule has 0 spiro atoms. The number of nitriles is 1. The van der Waals surface area contributed by atoms with E-state index in [1.54, 1.807) is 0 Å². The largest absolute Gasteiger partial charge is 0.302 e. The van der Waals surface area contributed by atoms with Crippen molar-refractivity contribution in [1.82, 2.24) is 9.38 Å². The van der Waals surface area contributed by atoms with Crippen LogP contribution < -0.4 is 0 Å².